The van der Waals surface area contributed by atoms with Gasteiger partial charge in [-0.1, -0.05) is 18.2 Å². The minimum atomic E-state index is -0.759. The third-order valence-electron chi connectivity index (χ3n) is 3.31. The van der Waals surface area contributed by atoms with Crippen molar-refractivity contribution in [3.63, 3.8) is 0 Å². The van der Waals surface area contributed by atoms with Crippen LogP contribution >= 0.6 is 0 Å². The molecule has 0 fully saturated rings. The third-order valence-corrected chi connectivity index (χ3v) is 3.31. The highest BCUT2D eigenvalue weighted by atomic mass is 16.5. The molecule has 0 aliphatic rings. The van der Waals surface area contributed by atoms with Gasteiger partial charge in [-0.05, 0) is 30.3 Å². The summed E-state index contributed by atoms with van der Waals surface area (Å²) in [6.07, 6.45) is 0. The third kappa shape index (κ3) is 4.97. The minimum absolute atomic E-state index is 0.118. The molecule has 2 amide bonds. The van der Waals surface area contributed by atoms with E-state index in [1.807, 2.05) is 0 Å². The second kappa shape index (κ2) is 9.07. The first-order valence-corrected chi connectivity index (χ1v) is 7.58. The Balaban J connectivity index is 1.87. The highest BCUT2D eigenvalue weighted by Crippen LogP contribution is 2.24. The minimum Gasteiger partial charge on any atom is -0.497 e. The van der Waals surface area contributed by atoms with Crippen LogP contribution in [0.2, 0.25) is 0 Å². The average Bonchev–Trinajstić information content (AvgIpc) is 2.70. The van der Waals surface area contributed by atoms with E-state index in [1.54, 1.807) is 42.5 Å². The summed E-state index contributed by atoms with van der Waals surface area (Å²) in [5, 5.41) is 0. The van der Waals surface area contributed by atoms with Crippen molar-refractivity contribution in [3.8, 4) is 11.5 Å². The summed E-state index contributed by atoms with van der Waals surface area (Å²) in [7, 11) is 2.87. The van der Waals surface area contributed by atoms with Gasteiger partial charge in [0.2, 0.25) is 0 Å². The Morgan fingerprint density at radius 1 is 0.923 bits per heavy atom. The molecule has 0 radical (unpaired) electrons. The Morgan fingerprint density at radius 2 is 1.65 bits per heavy atom. The predicted octanol–water partition coefficient (Wildman–Crippen LogP) is 1.32. The molecule has 2 aromatic rings. The zero-order chi connectivity index (χ0) is 18.9. The van der Waals surface area contributed by atoms with Gasteiger partial charge in [0.05, 0.1) is 14.2 Å². The Kier molecular flexibility index (Phi) is 6.55. The number of carbonyl (C=O) groups is 3. The van der Waals surface area contributed by atoms with Gasteiger partial charge in [0.25, 0.3) is 11.8 Å². The van der Waals surface area contributed by atoms with Crippen molar-refractivity contribution < 1.29 is 28.6 Å². The maximum Gasteiger partial charge on any atom is 0.342 e. The maximum absolute atomic E-state index is 12.1. The molecule has 0 atom stereocenters. The van der Waals surface area contributed by atoms with Crippen molar-refractivity contribution in [2.45, 2.75) is 0 Å². The van der Waals surface area contributed by atoms with Crippen molar-refractivity contribution in [1.29, 1.82) is 0 Å². The van der Waals surface area contributed by atoms with E-state index < -0.39 is 24.4 Å². The number of amides is 2. The molecule has 0 spiro atoms. The van der Waals surface area contributed by atoms with E-state index in [4.69, 9.17) is 14.2 Å². The second-order valence-corrected chi connectivity index (χ2v) is 5.01. The molecule has 0 aliphatic carbocycles. The zero-order valence-electron chi connectivity index (χ0n) is 14.3. The molecular formula is C18H18N2O6. The molecule has 2 aromatic carbocycles. The molecule has 0 unspecified atom stereocenters. The SMILES string of the molecule is COc1ccc(OC)c(C(=O)OCC(=O)NNC(=O)c2ccccc2)c1. The Labute approximate surface area is 150 Å². The molecule has 8 heteroatoms. The fourth-order valence-electron chi connectivity index (χ4n) is 2.01. The molecular weight excluding hydrogens is 340 g/mol. The van der Waals surface area contributed by atoms with Crippen LogP contribution in [0.1, 0.15) is 20.7 Å². The molecule has 26 heavy (non-hydrogen) atoms. The van der Waals surface area contributed by atoms with Crippen LogP contribution < -0.4 is 20.3 Å². The summed E-state index contributed by atoms with van der Waals surface area (Å²) in [5.41, 5.74) is 4.89. The second-order valence-electron chi connectivity index (χ2n) is 5.01. The number of esters is 1. The van der Waals surface area contributed by atoms with Gasteiger partial charge in [-0.15, -0.1) is 0 Å². The first-order valence-electron chi connectivity index (χ1n) is 7.58. The van der Waals surface area contributed by atoms with E-state index in [0.717, 1.165) is 0 Å². The zero-order valence-corrected chi connectivity index (χ0v) is 14.3. The number of carbonyl (C=O) groups excluding carboxylic acids is 3. The van der Waals surface area contributed by atoms with Gasteiger partial charge in [0.1, 0.15) is 17.1 Å². The van der Waals surface area contributed by atoms with E-state index >= 15 is 0 Å². The van der Waals surface area contributed by atoms with Gasteiger partial charge < -0.3 is 14.2 Å². The van der Waals surface area contributed by atoms with Gasteiger partial charge in [-0.3, -0.25) is 20.4 Å². The highest BCUT2D eigenvalue weighted by molar-refractivity contribution is 5.96. The maximum atomic E-state index is 12.1. The molecule has 0 bridgehead atoms. The van der Waals surface area contributed by atoms with Gasteiger partial charge in [-0.2, -0.15) is 0 Å². The summed E-state index contributed by atoms with van der Waals surface area (Å²) in [5.74, 6) is -1.21. The number of rotatable bonds is 6. The summed E-state index contributed by atoms with van der Waals surface area (Å²) < 4.78 is 15.1. The molecule has 2 rings (SSSR count). The molecule has 136 valence electrons. The Morgan fingerprint density at radius 3 is 2.31 bits per heavy atom. The van der Waals surface area contributed by atoms with Crippen molar-refractivity contribution in [2.24, 2.45) is 0 Å². The van der Waals surface area contributed by atoms with Crippen LogP contribution in [0.3, 0.4) is 0 Å². The molecule has 0 aromatic heterocycles. The van der Waals surface area contributed by atoms with E-state index in [1.165, 1.54) is 20.3 Å². The predicted molar refractivity (Wildman–Crippen MR) is 91.9 cm³/mol. The van der Waals surface area contributed by atoms with Crippen molar-refractivity contribution in [1.82, 2.24) is 10.9 Å². The lowest BCUT2D eigenvalue weighted by Gasteiger charge is -2.11. The molecule has 8 nitrogen and oxygen atoms in total. The topological polar surface area (TPSA) is 103 Å². The molecule has 0 saturated heterocycles. The van der Waals surface area contributed by atoms with Crippen molar-refractivity contribution >= 4 is 17.8 Å². The first kappa shape index (κ1) is 18.8. The summed E-state index contributed by atoms with van der Waals surface area (Å²) in [6.45, 7) is -0.575. The average molecular weight is 358 g/mol. The van der Waals surface area contributed by atoms with Gasteiger partial charge in [0.15, 0.2) is 6.61 Å². The van der Waals surface area contributed by atoms with Crippen LogP contribution in [0.15, 0.2) is 48.5 Å². The van der Waals surface area contributed by atoms with Gasteiger partial charge in [0, 0.05) is 5.56 Å². The molecule has 0 saturated carbocycles. The number of ether oxygens (including phenoxy) is 3. The summed E-state index contributed by atoms with van der Waals surface area (Å²) in [6, 6.07) is 13.0. The Hall–Kier alpha value is -3.55. The summed E-state index contributed by atoms with van der Waals surface area (Å²) in [4.78, 5) is 35.7. The van der Waals surface area contributed by atoms with Crippen LogP contribution in [0, 0.1) is 0 Å². The lowest BCUT2D eigenvalue weighted by atomic mass is 10.2. The standard InChI is InChI=1S/C18H18N2O6/c1-24-13-8-9-15(25-2)14(10-13)18(23)26-11-16(21)19-20-17(22)12-6-4-3-5-7-12/h3-10H,11H2,1-2H3,(H,19,21)(H,20,22). The molecule has 0 aliphatic heterocycles. The lowest BCUT2D eigenvalue weighted by molar-refractivity contribution is -0.125. The molecule has 0 heterocycles. The highest BCUT2D eigenvalue weighted by Gasteiger charge is 2.17. The van der Waals surface area contributed by atoms with Crippen LogP contribution in [0.5, 0.6) is 11.5 Å². The normalized spacial score (nSPS) is 9.77. The first-order chi connectivity index (χ1) is 12.5. The monoisotopic (exact) mass is 358 g/mol. The fraction of sp³-hybridized carbons (Fsp3) is 0.167. The van der Waals surface area contributed by atoms with Gasteiger partial charge >= 0.3 is 5.97 Å². The number of nitrogens with one attached hydrogen (secondary N) is 2. The van der Waals surface area contributed by atoms with E-state index in [-0.39, 0.29) is 11.3 Å². The molecule has 2 N–H and O–H groups in total. The number of hydrazine groups is 1. The van der Waals surface area contributed by atoms with Crippen molar-refractivity contribution in [2.75, 3.05) is 20.8 Å². The van der Waals surface area contributed by atoms with E-state index in [2.05, 4.69) is 10.9 Å². The summed E-state index contributed by atoms with van der Waals surface area (Å²) >= 11 is 0. The number of benzene rings is 2. The van der Waals surface area contributed by atoms with Crippen LogP contribution in [-0.4, -0.2) is 38.6 Å². The van der Waals surface area contributed by atoms with Crippen LogP contribution in [0.25, 0.3) is 0 Å². The fourth-order valence-corrected chi connectivity index (χ4v) is 2.01. The number of methoxy groups -OCH3 is 2. The quantitative estimate of drug-likeness (QED) is 0.596. The smallest absolute Gasteiger partial charge is 0.342 e. The Bertz CT molecular complexity index is 792. The van der Waals surface area contributed by atoms with Crippen molar-refractivity contribution in [3.05, 3.63) is 59.7 Å². The van der Waals surface area contributed by atoms with Crippen LogP contribution in [0.4, 0.5) is 0 Å². The largest absolute Gasteiger partial charge is 0.497 e. The number of hydrogen-bond acceptors (Lipinski definition) is 6. The lowest BCUT2D eigenvalue weighted by Crippen LogP contribution is -2.43. The van der Waals surface area contributed by atoms with Crippen LogP contribution in [-0.2, 0) is 9.53 Å². The number of hydrogen-bond donors (Lipinski definition) is 2. The van der Waals surface area contributed by atoms with Gasteiger partial charge in [-0.25, -0.2) is 4.79 Å². The van der Waals surface area contributed by atoms with E-state index in [9.17, 15) is 14.4 Å². The van der Waals surface area contributed by atoms with E-state index in [0.29, 0.717) is 11.3 Å².